The molecule has 69 heavy (non-hydrogen) atoms. The van der Waals surface area contributed by atoms with E-state index in [-0.39, 0.29) is 18.8 Å². The summed E-state index contributed by atoms with van der Waals surface area (Å²) in [6.07, 6.45) is -5.22. The Morgan fingerprint density at radius 2 is 1.28 bits per heavy atom. The van der Waals surface area contributed by atoms with Crippen molar-refractivity contribution in [2.75, 3.05) is 18.1 Å². The zero-order valence-electron chi connectivity index (χ0n) is 38.9. The van der Waals surface area contributed by atoms with E-state index in [9.17, 15) is 83.1 Å². The van der Waals surface area contributed by atoms with Gasteiger partial charge in [-0.2, -0.15) is 11.8 Å². The minimum atomic E-state index is -2.00. The highest BCUT2D eigenvalue weighted by atomic mass is 32.2. The van der Waals surface area contributed by atoms with Gasteiger partial charge >= 0.3 is 11.9 Å². The van der Waals surface area contributed by atoms with E-state index in [1.807, 2.05) is 5.32 Å². The van der Waals surface area contributed by atoms with Crippen LogP contribution >= 0.6 is 11.8 Å². The smallest absolute Gasteiger partial charge is 0.326 e. The third kappa shape index (κ3) is 20.4. The molecule has 1 aliphatic rings. The molecule has 28 nitrogen and oxygen atoms in total. The van der Waals surface area contributed by atoms with Gasteiger partial charge in [0.2, 0.25) is 53.2 Å². The molecule has 1 heterocycles. The number of carboxylic acids is 2. The summed E-state index contributed by atoms with van der Waals surface area (Å²) >= 11 is 0.582. The largest absolute Gasteiger partial charge is 0.481 e. The number of amides is 10. The number of rotatable bonds is 16. The molecule has 1 aliphatic heterocycles. The normalized spacial score (nSPS) is 25.4. The van der Waals surface area contributed by atoms with Crippen molar-refractivity contribution in [2.45, 2.75) is 134 Å². The highest BCUT2D eigenvalue weighted by Crippen LogP contribution is 2.13. The second kappa shape index (κ2) is 28.8. The molecular formula is C40H65N11O17S. The Bertz CT molecular complexity index is 1940. The lowest BCUT2D eigenvalue weighted by atomic mass is 9.97. The molecule has 0 aromatic rings. The summed E-state index contributed by atoms with van der Waals surface area (Å²) in [7, 11) is 0. The van der Waals surface area contributed by atoms with Gasteiger partial charge in [-0.25, -0.2) is 4.79 Å². The second-order valence-corrected chi connectivity index (χ2v) is 17.7. The van der Waals surface area contributed by atoms with E-state index in [0.29, 0.717) is 11.8 Å². The lowest BCUT2D eigenvalue weighted by molar-refractivity contribution is -0.143. The van der Waals surface area contributed by atoms with E-state index in [0.717, 1.165) is 13.8 Å². The van der Waals surface area contributed by atoms with Crippen molar-refractivity contribution in [1.29, 1.82) is 0 Å². The third-order valence-corrected chi connectivity index (χ3v) is 11.3. The monoisotopic (exact) mass is 1000 g/mol. The van der Waals surface area contributed by atoms with Crippen molar-refractivity contribution in [3.63, 3.8) is 0 Å². The number of primary amides is 1. The topological polar surface area (TPSA) is 466 Å². The Balaban J connectivity index is 4.02. The minimum Gasteiger partial charge on any atom is -0.481 e. The molecule has 4 unspecified atom stereocenters. The maximum Gasteiger partial charge on any atom is 0.326 e. The lowest BCUT2D eigenvalue weighted by Gasteiger charge is -2.30. The van der Waals surface area contributed by atoms with Crippen molar-refractivity contribution >= 4 is 82.8 Å². The molecule has 0 saturated carbocycles. The summed E-state index contributed by atoms with van der Waals surface area (Å²) in [5.41, 5.74) is 10.2. The summed E-state index contributed by atoms with van der Waals surface area (Å²) in [5, 5.41) is 70.4. The summed E-state index contributed by atoms with van der Waals surface area (Å²) in [6.45, 7) is 11.1. The summed E-state index contributed by atoms with van der Waals surface area (Å²) < 4.78 is 0. The Kier molecular flexibility index (Phi) is 25.3. The van der Waals surface area contributed by atoms with E-state index in [4.69, 9.17) is 11.5 Å². The number of carboxylic acid groups (broad SMARTS) is 2. The molecule has 388 valence electrons. The Labute approximate surface area is 400 Å². The van der Waals surface area contributed by atoms with Gasteiger partial charge in [0.05, 0.1) is 43.4 Å². The van der Waals surface area contributed by atoms with Gasteiger partial charge in [0.1, 0.15) is 48.3 Å². The summed E-state index contributed by atoms with van der Waals surface area (Å²) in [5.74, 6) is -17.3. The molecule has 12 atom stereocenters. The van der Waals surface area contributed by atoms with Gasteiger partial charge in [0, 0.05) is 11.5 Å². The number of carbonyl (C=O) groups excluding carboxylic acids is 10. The molecule has 1 rings (SSSR count). The van der Waals surface area contributed by atoms with Crippen molar-refractivity contribution in [2.24, 2.45) is 23.3 Å². The highest BCUT2D eigenvalue weighted by molar-refractivity contribution is 7.99. The number of aliphatic carboxylic acids is 2. The minimum absolute atomic E-state index is 0.0903. The zero-order chi connectivity index (χ0) is 53.0. The van der Waals surface area contributed by atoms with Crippen LogP contribution < -0.4 is 59.3 Å². The lowest BCUT2D eigenvalue weighted by Crippen LogP contribution is -2.63. The highest BCUT2D eigenvalue weighted by Gasteiger charge is 2.38. The Morgan fingerprint density at radius 3 is 1.75 bits per heavy atom. The van der Waals surface area contributed by atoms with Crippen LogP contribution in [0.3, 0.4) is 0 Å². The van der Waals surface area contributed by atoms with Gasteiger partial charge in [-0.15, -0.1) is 0 Å². The predicted octanol–water partition coefficient (Wildman–Crippen LogP) is -7.15. The average molecular weight is 1000 g/mol. The first-order valence-corrected chi connectivity index (χ1v) is 22.7. The van der Waals surface area contributed by atoms with Crippen molar-refractivity contribution in [3.05, 3.63) is 12.3 Å². The van der Waals surface area contributed by atoms with Gasteiger partial charge in [-0.1, -0.05) is 40.7 Å². The molecule has 18 N–H and O–H groups in total. The summed E-state index contributed by atoms with van der Waals surface area (Å²) in [4.78, 5) is 157. The molecular weight excluding hydrogens is 939 g/mol. The number of hydrogen-bond acceptors (Lipinski definition) is 17. The van der Waals surface area contributed by atoms with Crippen molar-refractivity contribution in [1.82, 2.24) is 47.9 Å². The predicted molar refractivity (Wildman–Crippen MR) is 241 cm³/mol. The van der Waals surface area contributed by atoms with E-state index < -0.39 is 180 Å². The summed E-state index contributed by atoms with van der Waals surface area (Å²) in [6, 6.07) is -16.1. The quantitative estimate of drug-likeness (QED) is 0.0639. The number of aliphatic hydroxyl groups is 3. The van der Waals surface area contributed by atoms with E-state index in [1.165, 1.54) is 0 Å². The van der Waals surface area contributed by atoms with Crippen LogP contribution in [-0.2, 0) is 57.5 Å². The molecule has 10 amide bonds. The molecule has 0 aliphatic carbocycles. The zero-order valence-corrected chi connectivity index (χ0v) is 39.7. The molecule has 0 aromatic carbocycles. The van der Waals surface area contributed by atoms with Gasteiger partial charge in [0.15, 0.2) is 0 Å². The van der Waals surface area contributed by atoms with Crippen LogP contribution in [0.15, 0.2) is 12.3 Å². The molecule has 0 bridgehead atoms. The van der Waals surface area contributed by atoms with E-state index in [2.05, 4.69) is 49.1 Å². The van der Waals surface area contributed by atoms with Gasteiger partial charge in [0.25, 0.3) is 5.91 Å². The van der Waals surface area contributed by atoms with Crippen molar-refractivity contribution < 1.29 is 83.1 Å². The fraction of sp³-hybridized carbons (Fsp3) is 0.650. The first-order valence-electron chi connectivity index (χ1n) is 21.5. The number of thioether (sulfide) groups is 1. The Morgan fingerprint density at radius 1 is 0.739 bits per heavy atom. The van der Waals surface area contributed by atoms with Gasteiger partial charge in [-0.3, -0.25) is 52.7 Å². The molecule has 1 fully saturated rings. The number of carbonyl (C=O) groups is 12. The standard InChI is InChI=1S/C40H65N11O17S/c1-8-16(4)28-37(64)50-30(19(7)54)39(66)51-29(18(6)53)38(65)48-25(35(62)45-22(40(67)68)11-26(42)55)14-69-13-24(47-32(59)20(41)10-27(56)57)36(63)46-23(12-52)34(61)44-21(9-15(2)3)33(60)43-17(5)31(58)49-28/h15-16,18-25,28-30,52-54H,5,8-14,41H2,1-4,6-7H3,(H2,42,55)(H,43,60)(H,44,61)(H,45,62)(H,46,63)(H,47,59)(H,48,65)(H,49,58)(H,50,64)(H,51,66)(H,56,57)(H,67,68)/t16-,18+,19+,20-,21-,22-,23?,24?,25?,28-,29-,30?/m0/s1. The van der Waals surface area contributed by atoms with Crippen molar-refractivity contribution in [3.8, 4) is 0 Å². The van der Waals surface area contributed by atoms with Crippen LogP contribution in [0.25, 0.3) is 0 Å². The van der Waals surface area contributed by atoms with Crippen LogP contribution in [0.1, 0.15) is 67.2 Å². The number of hydrogen-bond donors (Lipinski definition) is 16. The van der Waals surface area contributed by atoms with Crippen LogP contribution in [0.5, 0.6) is 0 Å². The first kappa shape index (κ1) is 60.6. The van der Waals surface area contributed by atoms with Crippen LogP contribution in [0.2, 0.25) is 0 Å². The molecule has 0 aromatic heterocycles. The van der Waals surface area contributed by atoms with Crippen LogP contribution in [0, 0.1) is 11.8 Å². The van der Waals surface area contributed by atoms with E-state index >= 15 is 0 Å². The number of nitrogens with one attached hydrogen (secondary N) is 9. The molecule has 29 heteroatoms. The third-order valence-electron chi connectivity index (χ3n) is 10.2. The number of aliphatic hydroxyl groups excluding tert-OH is 3. The molecule has 1 saturated heterocycles. The van der Waals surface area contributed by atoms with Crippen LogP contribution in [-0.4, -0.2) is 181 Å². The van der Waals surface area contributed by atoms with Crippen LogP contribution in [0.4, 0.5) is 0 Å². The van der Waals surface area contributed by atoms with Gasteiger partial charge < -0.3 is 84.9 Å². The van der Waals surface area contributed by atoms with Gasteiger partial charge in [-0.05, 0) is 32.1 Å². The average Bonchev–Trinajstić information content (AvgIpc) is 3.24. The first-order chi connectivity index (χ1) is 32.0. The maximum atomic E-state index is 13.8. The maximum absolute atomic E-state index is 13.8. The molecule has 0 spiro atoms. The fourth-order valence-electron chi connectivity index (χ4n) is 6.13. The second-order valence-electron chi connectivity index (χ2n) is 16.6. The van der Waals surface area contributed by atoms with E-state index in [1.54, 1.807) is 27.7 Å². The fourth-order valence-corrected chi connectivity index (χ4v) is 7.20. The molecule has 0 radical (unpaired) electrons. The SMILES string of the molecule is C=C1NC(=O)[C@H](CC(C)C)NC(=O)C(CO)NC(=O)C(NC(=O)[C@@H](N)CC(=O)O)CSCC(C(=O)N[C@@H](CC(N)=O)C(=O)O)NC(=O)[C@H]([C@@H](C)O)NC(=O)C([C@@H](C)O)NC(=O)[C@H]([C@@H](C)CC)NC1=O. The number of nitrogens with two attached hydrogens (primary N) is 2. The Hall–Kier alpha value is -6.43.